The number of hydrogen-bond acceptors (Lipinski definition) is 7. The second kappa shape index (κ2) is 12.1. The van der Waals surface area contributed by atoms with E-state index in [1.807, 2.05) is 30.4 Å². The molecule has 0 radical (unpaired) electrons. The average Bonchev–Trinajstić information content (AvgIpc) is 3.68. The Hall–Kier alpha value is -4.05. The van der Waals surface area contributed by atoms with Crippen LogP contribution in [0.2, 0.25) is 0 Å². The number of hydrogen-bond donors (Lipinski definition) is 2. The monoisotopic (exact) mass is 603 g/mol. The van der Waals surface area contributed by atoms with Crippen LogP contribution in [0.5, 0.6) is 17.2 Å². The van der Waals surface area contributed by atoms with Gasteiger partial charge in [-0.15, -0.1) is 0 Å². The van der Waals surface area contributed by atoms with Crippen molar-refractivity contribution in [3.05, 3.63) is 60.2 Å². The van der Waals surface area contributed by atoms with Gasteiger partial charge in [0.1, 0.15) is 17.4 Å². The summed E-state index contributed by atoms with van der Waals surface area (Å²) in [5.74, 6) is -0.261. The van der Waals surface area contributed by atoms with Gasteiger partial charge in [0, 0.05) is 24.3 Å². The van der Waals surface area contributed by atoms with Crippen LogP contribution in [0, 0.1) is 17.8 Å². The van der Waals surface area contributed by atoms with Crippen LogP contribution in [0.15, 0.2) is 54.6 Å². The number of ether oxygens (including phenoxy) is 4. The summed E-state index contributed by atoms with van der Waals surface area (Å²) >= 11 is 0. The first kappa shape index (κ1) is 30.0. The Morgan fingerprint density at radius 2 is 1.80 bits per heavy atom. The van der Waals surface area contributed by atoms with Crippen molar-refractivity contribution in [3.8, 4) is 17.2 Å². The van der Waals surface area contributed by atoms with Gasteiger partial charge in [0.2, 0.25) is 17.7 Å². The van der Waals surface area contributed by atoms with E-state index >= 15 is 0 Å². The molecule has 1 saturated carbocycles. The number of nitrogens with one attached hydrogen (secondary N) is 2. The minimum absolute atomic E-state index is 0.0317. The van der Waals surface area contributed by atoms with E-state index in [-0.39, 0.29) is 30.3 Å². The Labute approximate surface area is 258 Å². The number of rotatable bonds is 10. The number of carbonyl (C=O) groups is 3. The second-order valence-electron chi connectivity index (χ2n) is 12.3. The first-order valence-corrected chi connectivity index (χ1v) is 15.4. The third-order valence-electron chi connectivity index (χ3n) is 9.79. The maximum Gasteiger partial charge on any atom is 0.246 e. The van der Waals surface area contributed by atoms with E-state index in [1.165, 1.54) is 0 Å². The first-order valence-electron chi connectivity index (χ1n) is 15.4. The molecule has 4 aliphatic rings. The lowest BCUT2D eigenvalue weighted by molar-refractivity contribution is -0.141. The minimum atomic E-state index is -1.22. The van der Waals surface area contributed by atoms with Crippen LogP contribution in [0.1, 0.15) is 38.2 Å². The summed E-state index contributed by atoms with van der Waals surface area (Å²) in [5, 5.41) is 6.24. The number of anilines is 1. The smallest absolute Gasteiger partial charge is 0.246 e. The highest BCUT2D eigenvalue weighted by Gasteiger charge is 2.72. The zero-order valence-corrected chi connectivity index (χ0v) is 25.7. The maximum atomic E-state index is 14.3. The molecule has 2 aromatic rings. The van der Waals surface area contributed by atoms with E-state index in [0.29, 0.717) is 35.3 Å². The van der Waals surface area contributed by atoms with Gasteiger partial charge in [0.05, 0.1) is 39.3 Å². The summed E-state index contributed by atoms with van der Waals surface area (Å²) in [5.41, 5.74) is 0.266. The van der Waals surface area contributed by atoms with Gasteiger partial charge >= 0.3 is 0 Å². The van der Waals surface area contributed by atoms with Gasteiger partial charge in [-0.05, 0) is 55.0 Å². The van der Waals surface area contributed by atoms with E-state index in [1.54, 1.807) is 50.5 Å². The lowest BCUT2D eigenvalue weighted by Gasteiger charge is -2.36. The molecule has 3 heterocycles. The third-order valence-corrected chi connectivity index (χ3v) is 9.79. The summed E-state index contributed by atoms with van der Waals surface area (Å²) in [6.07, 6.45) is 7.72. The van der Waals surface area contributed by atoms with Gasteiger partial charge in [-0.2, -0.15) is 0 Å². The fourth-order valence-corrected chi connectivity index (χ4v) is 7.51. The fourth-order valence-electron chi connectivity index (χ4n) is 7.51. The molecule has 1 aliphatic carbocycles. The van der Waals surface area contributed by atoms with Gasteiger partial charge in [0.15, 0.2) is 11.5 Å². The predicted octanol–water partition coefficient (Wildman–Crippen LogP) is 3.74. The van der Waals surface area contributed by atoms with Crippen molar-refractivity contribution >= 4 is 23.4 Å². The molecule has 2 N–H and O–H groups in total. The van der Waals surface area contributed by atoms with Crippen LogP contribution >= 0.6 is 0 Å². The number of methoxy groups -OCH3 is 3. The number of likely N-dealkylation sites (tertiary alicyclic amines) is 1. The third kappa shape index (κ3) is 5.19. The van der Waals surface area contributed by atoms with E-state index < -0.39 is 29.6 Å². The van der Waals surface area contributed by atoms with Crippen molar-refractivity contribution < 1.29 is 33.3 Å². The summed E-state index contributed by atoms with van der Waals surface area (Å²) < 4.78 is 22.7. The van der Waals surface area contributed by atoms with Crippen molar-refractivity contribution in [1.29, 1.82) is 0 Å². The quantitative estimate of drug-likeness (QED) is 0.398. The molecule has 3 aliphatic heterocycles. The maximum absolute atomic E-state index is 14.3. The molecule has 1 spiro atoms. The summed E-state index contributed by atoms with van der Waals surface area (Å²) in [6, 6.07) is 11.8. The van der Waals surface area contributed by atoms with Crippen LogP contribution in [-0.4, -0.2) is 74.3 Å². The van der Waals surface area contributed by atoms with Crippen LogP contribution < -0.4 is 24.8 Å². The van der Waals surface area contributed by atoms with Crippen LogP contribution in [0.4, 0.5) is 5.69 Å². The normalized spacial score (nSPS) is 30.2. The first-order chi connectivity index (χ1) is 21.3. The van der Waals surface area contributed by atoms with Gasteiger partial charge in [-0.1, -0.05) is 44.1 Å². The van der Waals surface area contributed by atoms with Crippen molar-refractivity contribution in [2.45, 2.75) is 62.8 Å². The van der Waals surface area contributed by atoms with Crippen molar-refractivity contribution in [2.75, 3.05) is 33.2 Å². The fraction of sp³-hybridized carbons (Fsp3) is 0.500. The van der Waals surface area contributed by atoms with E-state index in [0.717, 1.165) is 31.2 Å². The predicted molar refractivity (Wildman–Crippen MR) is 164 cm³/mol. The molecule has 7 atom stereocenters. The topological polar surface area (TPSA) is 115 Å². The number of benzene rings is 2. The van der Waals surface area contributed by atoms with Crippen LogP contribution in [0.25, 0.3) is 0 Å². The average molecular weight is 604 g/mol. The highest BCUT2D eigenvalue weighted by atomic mass is 16.5. The Bertz CT molecular complexity index is 1460. The second-order valence-corrected chi connectivity index (χ2v) is 12.3. The molecule has 2 bridgehead atoms. The molecule has 3 fully saturated rings. The summed E-state index contributed by atoms with van der Waals surface area (Å²) in [4.78, 5) is 44.0. The molecule has 234 valence electrons. The lowest BCUT2D eigenvalue weighted by Crippen LogP contribution is -2.57. The Balaban J connectivity index is 1.29. The molecule has 2 saturated heterocycles. The summed E-state index contributed by atoms with van der Waals surface area (Å²) in [6.45, 7) is 2.44. The highest BCUT2D eigenvalue weighted by Crippen LogP contribution is 2.55. The molecule has 10 nitrogen and oxygen atoms in total. The molecule has 10 heteroatoms. The molecule has 2 aromatic carbocycles. The Morgan fingerprint density at radius 1 is 1.00 bits per heavy atom. The number of nitrogens with zero attached hydrogens (tertiary/aromatic N) is 1. The van der Waals surface area contributed by atoms with E-state index in [4.69, 9.17) is 18.9 Å². The van der Waals surface area contributed by atoms with E-state index in [2.05, 4.69) is 17.6 Å². The zero-order chi connectivity index (χ0) is 31.0. The summed E-state index contributed by atoms with van der Waals surface area (Å²) in [7, 11) is 4.72. The Morgan fingerprint density at radius 3 is 2.55 bits per heavy atom. The molecule has 6 rings (SSSR count). The van der Waals surface area contributed by atoms with Crippen LogP contribution in [-0.2, 0) is 25.5 Å². The zero-order valence-electron chi connectivity index (χ0n) is 25.7. The van der Waals surface area contributed by atoms with Crippen LogP contribution in [0.3, 0.4) is 0 Å². The van der Waals surface area contributed by atoms with Crippen molar-refractivity contribution in [2.24, 2.45) is 17.8 Å². The number of carbonyl (C=O) groups excluding carboxylic acids is 3. The van der Waals surface area contributed by atoms with Gasteiger partial charge < -0.3 is 34.5 Å². The molecule has 0 unspecified atom stereocenters. The van der Waals surface area contributed by atoms with Crippen molar-refractivity contribution in [1.82, 2.24) is 10.2 Å². The molecule has 0 aromatic heterocycles. The highest BCUT2D eigenvalue weighted by molar-refractivity contribution is 6.02. The standard InChI is InChI=1S/C34H41N3O7/c1-20-8-5-6-11-24(20)36-32(39)30-34-16-14-26(44-34)28(31(38)35-22-9-7-10-23(19-22)41-2)29(34)33(40)37(30)17-15-21-12-13-25(42-3)27(18-21)43-4/h7,9-10,12-14,16,18-20,24,26,28-30H,5-6,8,11,15,17H2,1-4H3,(H,35,38)(H,36,39)/t20-,24+,26+,28-,29+,30+,34+/m1/s1. The number of amides is 3. The van der Waals surface area contributed by atoms with Gasteiger partial charge in [-0.25, -0.2) is 0 Å². The largest absolute Gasteiger partial charge is 0.497 e. The van der Waals surface area contributed by atoms with E-state index in [9.17, 15) is 14.4 Å². The molecule has 3 amide bonds. The van der Waals surface area contributed by atoms with Gasteiger partial charge in [-0.3, -0.25) is 14.4 Å². The number of fused-ring (bicyclic) bond motifs is 1. The molecular formula is C34H41N3O7. The lowest BCUT2D eigenvalue weighted by atomic mass is 9.74. The van der Waals surface area contributed by atoms with Crippen molar-refractivity contribution in [3.63, 3.8) is 0 Å². The minimum Gasteiger partial charge on any atom is -0.497 e. The SMILES string of the molecule is COc1cccc(NC(=O)[C@@H]2[C@@H]3C=C[C@]4(O3)[C@@H]2C(=O)N(CCc2ccc(OC)c(OC)c2)[C@H]4C(=O)N[C@H]2CCCC[C@H]2C)c1. The molecule has 44 heavy (non-hydrogen) atoms. The molecular weight excluding hydrogens is 562 g/mol. The Kier molecular flexibility index (Phi) is 8.28. The van der Waals surface area contributed by atoms with Gasteiger partial charge in [0.25, 0.3) is 0 Å².